The van der Waals surface area contributed by atoms with E-state index in [4.69, 9.17) is 0 Å². The predicted octanol–water partition coefficient (Wildman–Crippen LogP) is 2.27. The number of benzene rings is 1. The highest BCUT2D eigenvalue weighted by Crippen LogP contribution is 2.03. The van der Waals surface area contributed by atoms with Gasteiger partial charge in [-0.05, 0) is 31.0 Å². The van der Waals surface area contributed by atoms with Crippen molar-refractivity contribution in [2.75, 3.05) is 6.54 Å². The number of hydrogen-bond donors (Lipinski definition) is 1. The Kier molecular flexibility index (Phi) is 4.75. The average molecular weight is 274 g/mol. The minimum atomic E-state index is -0.239. The van der Waals surface area contributed by atoms with E-state index in [1.807, 2.05) is 0 Å². The predicted molar refractivity (Wildman–Crippen MR) is 61.5 cm³/mol. The maximum absolute atomic E-state index is 12.6. The van der Waals surface area contributed by atoms with Gasteiger partial charge in [-0.2, -0.15) is 0 Å². The third-order valence-electron chi connectivity index (χ3n) is 1.99. The lowest BCUT2D eigenvalue weighted by Crippen LogP contribution is -2.30. The molecular formula is C11H13BrFNO. The van der Waals surface area contributed by atoms with Gasteiger partial charge in [0.1, 0.15) is 5.82 Å². The summed E-state index contributed by atoms with van der Waals surface area (Å²) in [6.45, 7) is 2.34. The summed E-state index contributed by atoms with van der Waals surface area (Å²) in [6.07, 6.45) is 0.714. The molecule has 1 aromatic rings. The van der Waals surface area contributed by atoms with Crippen LogP contribution in [0.5, 0.6) is 0 Å². The molecule has 0 spiro atoms. The van der Waals surface area contributed by atoms with Gasteiger partial charge in [-0.15, -0.1) is 0 Å². The van der Waals surface area contributed by atoms with E-state index in [0.29, 0.717) is 13.0 Å². The van der Waals surface area contributed by atoms with Crippen molar-refractivity contribution in [3.8, 4) is 0 Å². The molecule has 15 heavy (non-hydrogen) atoms. The Morgan fingerprint density at radius 3 is 2.60 bits per heavy atom. The van der Waals surface area contributed by atoms with Crippen molar-refractivity contribution in [1.29, 1.82) is 0 Å². The summed E-state index contributed by atoms with van der Waals surface area (Å²) in [4.78, 5) is 11.0. The standard InChI is InChI=1S/C11H13BrFNO/c1-8(12)11(15)14-7-6-9-2-4-10(13)5-3-9/h2-5,8H,6-7H2,1H3,(H,14,15). The molecule has 82 valence electrons. The van der Waals surface area contributed by atoms with Crippen LogP contribution in [0, 0.1) is 5.82 Å². The Bertz CT molecular complexity index is 324. The summed E-state index contributed by atoms with van der Waals surface area (Å²) in [7, 11) is 0. The molecule has 1 amide bonds. The Morgan fingerprint density at radius 1 is 1.47 bits per heavy atom. The monoisotopic (exact) mass is 273 g/mol. The molecule has 0 fully saturated rings. The zero-order valence-corrected chi connectivity index (χ0v) is 10.1. The largest absolute Gasteiger partial charge is 0.355 e. The van der Waals surface area contributed by atoms with Gasteiger partial charge >= 0.3 is 0 Å². The number of amides is 1. The summed E-state index contributed by atoms with van der Waals surface area (Å²) in [5, 5.41) is 2.77. The molecule has 0 aliphatic carbocycles. The third-order valence-corrected chi connectivity index (χ3v) is 2.40. The molecule has 0 saturated heterocycles. The van der Waals surface area contributed by atoms with Crippen molar-refractivity contribution in [2.24, 2.45) is 0 Å². The van der Waals surface area contributed by atoms with Gasteiger partial charge in [-0.3, -0.25) is 4.79 Å². The van der Waals surface area contributed by atoms with E-state index in [9.17, 15) is 9.18 Å². The molecule has 1 unspecified atom stereocenters. The second-order valence-electron chi connectivity index (χ2n) is 3.28. The molecule has 0 aliphatic rings. The first kappa shape index (κ1) is 12.2. The summed E-state index contributed by atoms with van der Waals surface area (Å²) < 4.78 is 12.6. The lowest BCUT2D eigenvalue weighted by atomic mass is 10.1. The second kappa shape index (κ2) is 5.85. The van der Waals surface area contributed by atoms with E-state index in [1.54, 1.807) is 19.1 Å². The van der Waals surface area contributed by atoms with Crippen LogP contribution >= 0.6 is 15.9 Å². The molecule has 0 aromatic heterocycles. The Morgan fingerprint density at radius 2 is 2.07 bits per heavy atom. The quantitative estimate of drug-likeness (QED) is 0.838. The maximum atomic E-state index is 12.6. The van der Waals surface area contributed by atoms with Crippen LogP contribution in [0.15, 0.2) is 24.3 Å². The third kappa shape index (κ3) is 4.42. The van der Waals surface area contributed by atoms with Gasteiger partial charge in [0.15, 0.2) is 0 Å². The molecule has 1 N–H and O–H groups in total. The van der Waals surface area contributed by atoms with Gasteiger partial charge in [-0.1, -0.05) is 28.1 Å². The molecule has 0 bridgehead atoms. The first-order valence-corrected chi connectivity index (χ1v) is 5.67. The second-order valence-corrected chi connectivity index (χ2v) is 4.66. The molecule has 0 saturated carbocycles. The molecule has 0 aliphatic heterocycles. The lowest BCUT2D eigenvalue weighted by molar-refractivity contribution is -0.120. The number of hydrogen-bond acceptors (Lipinski definition) is 1. The van der Waals surface area contributed by atoms with Crippen molar-refractivity contribution in [2.45, 2.75) is 18.2 Å². The van der Waals surface area contributed by atoms with Crippen LogP contribution in [0.3, 0.4) is 0 Å². The van der Waals surface area contributed by atoms with Crippen molar-refractivity contribution in [3.63, 3.8) is 0 Å². The Labute approximate surface area is 97.0 Å². The number of carbonyl (C=O) groups excluding carboxylic acids is 1. The van der Waals surface area contributed by atoms with E-state index in [2.05, 4.69) is 21.2 Å². The number of nitrogens with one attached hydrogen (secondary N) is 1. The van der Waals surface area contributed by atoms with E-state index >= 15 is 0 Å². The maximum Gasteiger partial charge on any atom is 0.233 e. The molecule has 0 heterocycles. The van der Waals surface area contributed by atoms with Crippen molar-refractivity contribution in [3.05, 3.63) is 35.6 Å². The van der Waals surface area contributed by atoms with Gasteiger partial charge in [0, 0.05) is 6.54 Å². The van der Waals surface area contributed by atoms with Crippen LogP contribution in [0.4, 0.5) is 4.39 Å². The summed E-state index contributed by atoms with van der Waals surface area (Å²) in [5.74, 6) is -0.269. The smallest absolute Gasteiger partial charge is 0.233 e. The topological polar surface area (TPSA) is 29.1 Å². The Hall–Kier alpha value is -0.900. The summed E-state index contributed by atoms with van der Waals surface area (Å²) >= 11 is 3.17. The number of alkyl halides is 1. The zero-order chi connectivity index (χ0) is 11.3. The number of halogens is 2. The molecule has 2 nitrogen and oxygen atoms in total. The molecule has 1 rings (SSSR count). The fraction of sp³-hybridized carbons (Fsp3) is 0.364. The highest BCUT2D eigenvalue weighted by molar-refractivity contribution is 9.10. The molecule has 1 atom stereocenters. The SMILES string of the molecule is CC(Br)C(=O)NCCc1ccc(F)cc1. The van der Waals surface area contributed by atoms with Crippen molar-refractivity contribution in [1.82, 2.24) is 5.32 Å². The van der Waals surface area contributed by atoms with Gasteiger partial charge in [0.05, 0.1) is 4.83 Å². The van der Waals surface area contributed by atoms with Gasteiger partial charge in [-0.25, -0.2) is 4.39 Å². The number of carbonyl (C=O) groups is 1. The van der Waals surface area contributed by atoms with Crippen molar-refractivity contribution >= 4 is 21.8 Å². The van der Waals surface area contributed by atoms with E-state index in [1.165, 1.54) is 12.1 Å². The minimum Gasteiger partial charge on any atom is -0.355 e. The summed E-state index contributed by atoms with van der Waals surface area (Å²) in [5.41, 5.74) is 1.01. The van der Waals surface area contributed by atoms with Gasteiger partial charge < -0.3 is 5.32 Å². The fourth-order valence-corrected chi connectivity index (χ4v) is 1.28. The van der Waals surface area contributed by atoms with Crippen LogP contribution < -0.4 is 5.32 Å². The van der Waals surface area contributed by atoms with E-state index < -0.39 is 0 Å². The van der Waals surface area contributed by atoms with Crippen LogP contribution in [0.25, 0.3) is 0 Å². The summed E-state index contributed by atoms with van der Waals surface area (Å²) in [6, 6.07) is 6.28. The average Bonchev–Trinajstić information content (AvgIpc) is 2.20. The zero-order valence-electron chi connectivity index (χ0n) is 8.47. The fourth-order valence-electron chi connectivity index (χ4n) is 1.12. The first-order valence-electron chi connectivity index (χ1n) is 4.76. The van der Waals surface area contributed by atoms with E-state index in [-0.39, 0.29) is 16.6 Å². The van der Waals surface area contributed by atoms with Gasteiger partial charge in [0.2, 0.25) is 5.91 Å². The van der Waals surface area contributed by atoms with Crippen LogP contribution in [-0.2, 0) is 11.2 Å². The van der Waals surface area contributed by atoms with E-state index in [0.717, 1.165) is 5.56 Å². The Balaban J connectivity index is 2.32. The molecule has 4 heteroatoms. The van der Waals surface area contributed by atoms with Crippen LogP contribution in [0.1, 0.15) is 12.5 Å². The molecular weight excluding hydrogens is 261 g/mol. The highest BCUT2D eigenvalue weighted by Gasteiger charge is 2.06. The highest BCUT2D eigenvalue weighted by atomic mass is 79.9. The van der Waals surface area contributed by atoms with Crippen LogP contribution in [-0.4, -0.2) is 17.3 Å². The van der Waals surface area contributed by atoms with Gasteiger partial charge in [0.25, 0.3) is 0 Å². The molecule has 1 aromatic carbocycles. The number of rotatable bonds is 4. The molecule has 0 radical (unpaired) electrons. The van der Waals surface area contributed by atoms with Crippen LogP contribution in [0.2, 0.25) is 0 Å². The minimum absolute atomic E-state index is 0.0305. The van der Waals surface area contributed by atoms with Crippen molar-refractivity contribution < 1.29 is 9.18 Å². The lowest BCUT2D eigenvalue weighted by Gasteiger charge is -2.06. The normalized spacial score (nSPS) is 12.2. The first-order chi connectivity index (χ1) is 7.09.